The van der Waals surface area contributed by atoms with Gasteiger partial charge >= 0.3 is 0 Å². The highest BCUT2D eigenvalue weighted by molar-refractivity contribution is 5.85. The van der Waals surface area contributed by atoms with Crippen molar-refractivity contribution >= 4 is 5.91 Å². The molecule has 1 amide bonds. The van der Waals surface area contributed by atoms with E-state index in [4.69, 9.17) is 5.73 Å². The van der Waals surface area contributed by atoms with E-state index in [1.165, 1.54) is 12.8 Å². The highest BCUT2D eigenvalue weighted by Crippen LogP contribution is 2.24. The summed E-state index contributed by atoms with van der Waals surface area (Å²) in [7, 11) is 0. The van der Waals surface area contributed by atoms with Crippen molar-refractivity contribution in [2.45, 2.75) is 58.4 Å². The molecule has 94 valence electrons. The van der Waals surface area contributed by atoms with Crippen molar-refractivity contribution in [3.05, 3.63) is 0 Å². The van der Waals surface area contributed by atoms with E-state index in [0.29, 0.717) is 5.92 Å². The topological polar surface area (TPSA) is 46.3 Å². The fourth-order valence-corrected chi connectivity index (χ4v) is 2.65. The summed E-state index contributed by atoms with van der Waals surface area (Å²) in [4.78, 5) is 14.2. The first kappa shape index (κ1) is 13.5. The third-order valence-electron chi connectivity index (χ3n) is 3.53. The molecule has 1 rings (SSSR count). The van der Waals surface area contributed by atoms with Gasteiger partial charge in [-0.3, -0.25) is 4.79 Å². The molecule has 0 aromatic heterocycles. The van der Waals surface area contributed by atoms with E-state index in [2.05, 4.69) is 13.8 Å². The highest BCUT2D eigenvalue weighted by atomic mass is 16.2. The van der Waals surface area contributed by atoms with E-state index >= 15 is 0 Å². The molecular weight excluding hydrogens is 200 g/mol. The van der Waals surface area contributed by atoms with Crippen molar-refractivity contribution in [3.8, 4) is 0 Å². The molecular formula is C13H26N2O. The lowest BCUT2D eigenvalue weighted by Crippen LogP contribution is -2.52. The van der Waals surface area contributed by atoms with Crippen LogP contribution in [-0.2, 0) is 4.79 Å². The Morgan fingerprint density at radius 1 is 1.44 bits per heavy atom. The summed E-state index contributed by atoms with van der Waals surface area (Å²) in [5.41, 5.74) is 5.42. The maximum absolute atomic E-state index is 12.2. The normalized spacial score (nSPS) is 24.5. The molecule has 1 saturated heterocycles. The zero-order chi connectivity index (χ0) is 12.2. The van der Waals surface area contributed by atoms with E-state index in [1.807, 2.05) is 11.8 Å². The van der Waals surface area contributed by atoms with Crippen LogP contribution in [0.4, 0.5) is 0 Å². The van der Waals surface area contributed by atoms with Crippen molar-refractivity contribution in [1.29, 1.82) is 0 Å². The largest absolute Gasteiger partial charge is 0.341 e. The summed E-state index contributed by atoms with van der Waals surface area (Å²) in [6.45, 7) is 7.96. The van der Waals surface area contributed by atoms with E-state index in [0.717, 1.165) is 32.4 Å². The molecule has 1 aliphatic rings. The summed E-state index contributed by atoms with van der Waals surface area (Å²) >= 11 is 0. The molecule has 0 spiro atoms. The number of nitrogens with two attached hydrogens (primary N) is 1. The Bertz CT molecular complexity index is 238. The SMILES string of the molecule is CCCC1CCN(C(=O)C(C)(N)CCC)C1. The van der Waals surface area contributed by atoms with E-state index < -0.39 is 5.54 Å². The second-order valence-electron chi connectivity index (χ2n) is 5.36. The second kappa shape index (κ2) is 5.67. The molecule has 1 aliphatic heterocycles. The Balaban J connectivity index is 2.50. The van der Waals surface area contributed by atoms with Crippen LogP contribution in [-0.4, -0.2) is 29.4 Å². The standard InChI is InChI=1S/C13H26N2O/c1-4-6-11-7-9-15(10-11)12(16)13(3,14)8-5-2/h11H,4-10,14H2,1-3H3. The average molecular weight is 226 g/mol. The quantitative estimate of drug-likeness (QED) is 0.781. The minimum absolute atomic E-state index is 0.146. The summed E-state index contributed by atoms with van der Waals surface area (Å²) in [6, 6.07) is 0. The van der Waals surface area contributed by atoms with E-state index in [9.17, 15) is 4.79 Å². The van der Waals surface area contributed by atoms with Gasteiger partial charge in [0.2, 0.25) is 5.91 Å². The Hall–Kier alpha value is -0.570. The maximum Gasteiger partial charge on any atom is 0.242 e. The van der Waals surface area contributed by atoms with Crippen molar-refractivity contribution < 1.29 is 4.79 Å². The molecule has 0 bridgehead atoms. The smallest absolute Gasteiger partial charge is 0.242 e. The maximum atomic E-state index is 12.2. The molecule has 0 aliphatic carbocycles. The fourth-order valence-electron chi connectivity index (χ4n) is 2.65. The number of carbonyl (C=O) groups is 1. The van der Waals surface area contributed by atoms with E-state index in [-0.39, 0.29) is 5.91 Å². The Morgan fingerprint density at radius 2 is 2.12 bits per heavy atom. The third-order valence-corrected chi connectivity index (χ3v) is 3.53. The van der Waals surface area contributed by atoms with Crippen LogP contribution in [0.1, 0.15) is 52.9 Å². The number of carbonyl (C=O) groups excluding carboxylic acids is 1. The highest BCUT2D eigenvalue weighted by Gasteiger charge is 2.35. The minimum atomic E-state index is -0.657. The molecule has 0 saturated carbocycles. The van der Waals surface area contributed by atoms with Gasteiger partial charge in [0.1, 0.15) is 0 Å². The van der Waals surface area contributed by atoms with Gasteiger partial charge in [-0.05, 0) is 32.1 Å². The summed E-state index contributed by atoms with van der Waals surface area (Å²) in [5.74, 6) is 0.847. The van der Waals surface area contributed by atoms with Gasteiger partial charge in [-0.25, -0.2) is 0 Å². The van der Waals surface area contributed by atoms with Gasteiger partial charge in [0.25, 0.3) is 0 Å². The molecule has 2 N–H and O–H groups in total. The molecule has 1 heterocycles. The number of hydrogen-bond acceptors (Lipinski definition) is 2. The van der Waals surface area contributed by atoms with Crippen LogP contribution in [0.2, 0.25) is 0 Å². The Labute approximate surface area is 99.4 Å². The zero-order valence-corrected chi connectivity index (χ0v) is 11.0. The van der Waals surface area contributed by atoms with Crippen molar-refractivity contribution in [2.75, 3.05) is 13.1 Å². The summed E-state index contributed by atoms with van der Waals surface area (Å²) < 4.78 is 0. The molecule has 16 heavy (non-hydrogen) atoms. The van der Waals surface area contributed by atoms with Crippen LogP contribution in [0.3, 0.4) is 0 Å². The molecule has 0 radical (unpaired) electrons. The van der Waals surface area contributed by atoms with Crippen LogP contribution < -0.4 is 5.73 Å². The Morgan fingerprint density at radius 3 is 2.69 bits per heavy atom. The van der Waals surface area contributed by atoms with Gasteiger partial charge in [-0.1, -0.05) is 26.7 Å². The number of amides is 1. The second-order valence-corrected chi connectivity index (χ2v) is 5.36. The molecule has 1 fully saturated rings. The Kier molecular flexibility index (Phi) is 4.78. The van der Waals surface area contributed by atoms with Gasteiger partial charge in [0.05, 0.1) is 5.54 Å². The van der Waals surface area contributed by atoms with Crippen LogP contribution in [0.5, 0.6) is 0 Å². The molecule has 2 unspecified atom stereocenters. The van der Waals surface area contributed by atoms with Crippen molar-refractivity contribution in [3.63, 3.8) is 0 Å². The number of nitrogens with zero attached hydrogens (tertiary/aromatic N) is 1. The minimum Gasteiger partial charge on any atom is -0.341 e. The monoisotopic (exact) mass is 226 g/mol. The molecule has 3 nitrogen and oxygen atoms in total. The summed E-state index contributed by atoms with van der Waals surface area (Å²) in [5, 5.41) is 0. The van der Waals surface area contributed by atoms with Crippen molar-refractivity contribution in [2.24, 2.45) is 11.7 Å². The van der Waals surface area contributed by atoms with Gasteiger partial charge in [0, 0.05) is 13.1 Å². The molecule has 0 aromatic carbocycles. The first-order chi connectivity index (χ1) is 7.51. The van der Waals surface area contributed by atoms with Crippen LogP contribution in [0, 0.1) is 5.92 Å². The molecule has 3 heteroatoms. The number of likely N-dealkylation sites (tertiary alicyclic amines) is 1. The van der Waals surface area contributed by atoms with Gasteiger partial charge in [-0.2, -0.15) is 0 Å². The van der Waals surface area contributed by atoms with Gasteiger partial charge < -0.3 is 10.6 Å². The van der Waals surface area contributed by atoms with Crippen LogP contribution in [0.15, 0.2) is 0 Å². The predicted octanol–water partition coefficient (Wildman–Crippen LogP) is 2.15. The first-order valence-corrected chi connectivity index (χ1v) is 6.59. The fraction of sp³-hybridized carbons (Fsp3) is 0.923. The molecule has 0 aromatic rings. The van der Waals surface area contributed by atoms with Crippen LogP contribution >= 0.6 is 0 Å². The lowest BCUT2D eigenvalue weighted by molar-refractivity contribution is -0.135. The van der Waals surface area contributed by atoms with Gasteiger partial charge in [0.15, 0.2) is 0 Å². The summed E-state index contributed by atoms with van der Waals surface area (Å²) in [6.07, 6.45) is 5.34. The van der Waals surface area contributed by atoms with Crippen molar-refractivity contribution in [1.82, 2.24) is 4.90 Å². The predicted molar refractivity (Wildman–Crippen MR) is 67.1 cm³/mol. The first-order valence-electron chi connectivity index (χ1n) is 6.59. The molecule has 2 atom stereocenters. The third kappa shape index (κ3) is 3.21. The van der Waals surface area contributed by atoms with Crippen LogP contribution in [0.25, 0.3) is 0 Å². The lowest BCUT2D eigenvalue weighted by atomic mass is 9.96. The average Bonchev–Trinajstić information content (AvgIpc) is 2.65. The van der Waals surface area contributed by atoms with Gasteiger partial charge in [-0.15, -0.1) is 0 Å². The lowest BCUT2D eigenvalue weighted by Gasteiger charge is -2.28. The van der Waals surface area contributed by atoms with E-state index in [1.54, 1.807) is 0 Å². The number of rotatable bonds is 5. The zero-order valence-electron chi connectivity index (χ0n) is 11.0. The number of hydrogen-bond donors (Lipinski definition) is 1.